The van der Waals surface area contributed by atoms with Crippen molar-refractivity contribution < 1.29 is 0 Å². The van der Waals surface area contributed by atoms with Crippen LogP contribution in [-0.2, 0) is 12.0 Å². The van der Waals surface area contributed by atoms with E-state index in [0.29, 0.717) is 11.7 Å². The molecule has 0 fully saturated rings. The third-order valence-electron chi connectivity index (χ3n) is 2.74. The Hall–Kier alpha value is -1.06. The van der Waals surface area contributed by atoms with E-state index in [1.54, 1.807) is 0 Å². The lowest BCUT2D eigenvalue weighted by Crippen LogP contribution is -2.22. The molecule has 1 atom stereocenters. The predicted molar refractivity (Wildman–Crippen MR) is 67.2 cm³/mol. The van der Waals surface area contributed by atoms with Crippen LogP contribution in [0.25, 0.3) is 0 Å². The molecule has 0 aliphatic rings. The fourth-order valence-electron chi connectivity index (χ4n) is 2.10. The van der Waals surface area contributed by atoms with Gasteiger partial charge in [0.15, 0.2) is 5.82 Å². The molecule has 1 rings (SSSR count). The third-order valence-corrected chi connectivity index (χ3v) is 2.74. The van der Waals surface area contributed by atoms with Crippen LogP contribution in [-0.4, -0.2) is 15.0 Å². The van der Waals surface area contributed by atoms with Crippen LogP contribution in [0.3, 0.4) is 0 Å². The molecule has 0 bridgehead atoms. The number of nitrogen functional groups attached to an aromatic ring is 1. The SMILES string of the molecule is CCCC(C)Cn1nnc(N)c1C(C)(C)C. The second-order valence-electron chi connectivity index (χ2n) is 5.65. The van der Waals surface area contributed by atoms with E-state index in [0.717, 1.165) is 12.2 Å². The zero-order valence-corrected chi connectivity index (χ0v) is 11.1. The van der Waals surface area contributed by atoms with Crippen LogP contribution in [0.5, 0.6) is 0 Å². The van der Waals surface area contributed by atoms with E-state index in [2.05, 4.69) is 44.9 Å². The van der Waals surface area contributed by atoms with E-state index >= 15 is 0 Å². The first kappa shape index (κ1) is 13.0. The molecule has 1 unspecified atom stereocenters. The van der Waals surface area contributed by atoms with Gasteiger partial charge in [0.1, 0.15) is 0 Å². The van der Waals surface area contributed by atoms with Gasteiger partial charge in [0, 0.05) is 12.0 Å². The molecule has 4 heteroatoms. The molecule has 1 aromatic heterocycles. The minimum absolute atomic E-state index is 0.000478. The molecule has 16 heavy (non-hydrogen) atoms. The summed E-state index contributed by atoms with van der Waals surface area (Å²) in [6, 6.07) is 0. The fourth-order valence-corrected chi connectivity index (χ4v) is 2.10. The minimum atomic E-state index is -0.000478. The number of nitrogens with zero attached hydrogens (tertiary/aromatic N) is 3. The van der Waals surface area contributed by atoms with Gasteiger partial charge in [-0.2, -0.15) is 0 Å². The molecular formula is C12H24N4. The summed E-state index contributed by atoms with van der Waals surface area (Å²) in [6.45, 7) is 11.8. The van der Waals surface area contributed by atoms with Crippen LogP contribution in [0.1, 0.15) is 53.2 Å². The van der Waals surface area contributed by atoms with E-state index in [4.69, 9.17) is 5.73 Å². The number of aromatic nitrogens is 3. The number of nitrogens with two attached hydrogens (primary N) is 1. The van der Waals surface area contributed by atoms with E-state index < -0.39 is 0 Å². The van der Waals surface area contributed by atoms with Crippen molar-refractivity contribution in [3.63, 3.8) is 0 Å². The van der Waals surface area contributed by atoms with Crippen LogP contribution in [0.4, 0.5) is 5.82 Å². The summed E-state index contributed by atoms with van der Waals surface area (Å²) >= 11 is 0. The first-order chi connectivity index (χ1) is 7.36. The summed E-state index contributed by atoms with van der Waals surface area (Å²) in [4.78, 5) is 0. The Morgan fingerprint density at radius 1 is 1.38 bits per heavy atom. The van der Waals surface area contributed by atoms with Gasteiger partial charge in [-0.05, 0) is 12.3 Å². The Morgan fingerprint density at radius 2 is 2.00 bits per heavy atom. The zero-order valence-electron chi connectivity index (χ0n) is 11.1. The van der Waals surface area contributed by atoms with E-state index in [1.807, 2.05) is 4.68 Å². The molecule has 0 aromatic carbocycles. The first-order valence-electron chi connectivity index (χ1n) is 6.05. The second-order valence-corrected chi connectivity index (χ2v) is 5.65. The van der Waals surface area contributed by atoms with Crippen molar-refractivity contribution in [2.75, 3.05) is 5.73 Å². The standard InChI is InChI=1S/C12H24N4/c1-6-7-9(2)8-16-10(12(3,4)5)11(13)14-15-16/h9H,6-8,13H2,1-5H3. The quantitative estimate of drug-likeness (QED) is 0.855. The van der Waals surface area contributed by atoms with E-state index in [-0.39, 0.29) is 5.41 Å². The molecule has 92 valence electrons. The normalized spacial score (nSPS) is 14.1. The minimum Gasteiger partial charge on any atom is -0.381 e. The molecule has 2 N–H and O–H groups in total. The maximum absolute atomic E-state index is 5.88. The van der Waals surface area contributed by atoms with Crippen molar-refractivity contribution in [2.24, 2.45) is 5.92 Å². The lowest BCUT2D eigenvalue weighted by atomic mass is 9.91. The van der Waals surface area contributed by atoms with Crippen LogP contribution in [0.2, 0.25) is 0 Å². The zero-order chi connectivity index (χ0) is 12.3. The van der Waals surface area contributed by atoms with Crippen molar-refractivity contribution in [3.05, 3.63) is 5.69 Å². The highest BCUT2D eigenvalue weighted by molar-refractivity contribution is 5.37. The number of anilines is 1. The topological polar surface area (TPSA) is 56.7 Å². The highest BCUT2D eigenvalue weighted by Crippen LogP contribution is 2.26. The van der Waals surface area contributed by atoms with E-state index in [9.17, 15) is 0 Å². The highest BCUT2D eigenvalue weighted by atomic mass is 15.4. The summed E-state index contributed by atoms with van der Waals surface area (Å²) in [5.41, 5.74) is 6.93. The first-order valence-corrected chi connectivity index (χ1v) is 6.05. The smallest absolute Gasteiger partial charge is 0.169 e. The average Bonchev–Trinajstić information content (AvgIpc) is 2.46. The van der Waals surface area contributed by atoms with Gasteiger partial charge in [-0.1, -0.05) is 46.3 Å². The summed E-state index contributed by atoms with van der Waals surface area (Å²) < 4.78 is 1.97. The van der Waals surface area contributed by atoms with Crippen molar-refractivity contribution in [1.82, 2.24) is 15.0 Å². The maximum Gasteiger partial charge on any atom is 0.169 e. The van der Waals surface area contributed by atoms with Crippen LogP contribution < -0.4 is 5.73 Å². The van der Waals surface area contributed by atoms with Crippen LogP contribution in [0, 0.1) is 5.92 Å². The second kappa shape index (κ2) is 4.85. The Balaban J connectivity index is 2.89. The molecule has 1 heterocycles. The third kappa shape index (κ3) is 2.97. The molecule has 0 saturated carbocycles. The summed E-state index contributed by atoms with van der Waals surface area (Å²) in [6.07, 6.45) is 2.42. The number of rotatable bonds is 4. The highest BCUT2D eigenvalue weighted by Gasteiger charge is 2.24. The van der Waals surface area contributed by atoms with Crippen LogP contribution >= 0.6 is 0 Å². The Bertz CT molecular complexity index is 335. The molecule has 4 nitrogen and oxygen atoms in total. The lowest BCUT2D eigenvalue weighted by Gasteiger charge is -2.21. The molecule has 0 aliphatic carbocycles. The predicted octanol–water partition coefficient (Wildman–Crippen LogP) is 2.59. The van der Waals surface area contributed by atoms with Crippen molar-refractivity contribution in [1.29, 1.82) is 0 Å². The van der Waals surface area contributed by atoms with Crippen molar-refractivity contribution in [3.8, 4) is 0 Å². The molecule has 0 amide bonds. The lowest BCUT2D eigenvalue weighted by molar-refractivity contribution is 0.385. The maximum atomic E-state index is 5.88. The molecule has 0 aliphatic heterocycles. The average molecular weight is 224 g/mol. The van der Waals surface area contributed by atoms with Gasteiger partial charge in [0.25, 0.3) is 0 Å². The summed E-state index contributed by atoms with van der Waals surface area (Å²) in [5, 5.41) is 8.13. The molecule has 0 saturated heterocycles. The van der Waals surface area contributed by atoms with Crippen molar-refractivity contribution in [2.45, 2.75) is 59.4 Å². The fraction of sp³-hybridized carbons (Fsp3) is 0.833. The van der Waals surface area contributed by atoms with Crippen molar-refractivity contribution >= 4 is 5.82 Å². The molecule has 0 spiro atoms. The van der Waals surface area contributed by atoms with Gasteiger partial charge in [-0.15, -0.1) is 5.10 Å². The number of hydrogen-bond donors (Lipinski definition) is 1. The summed E-state index contributed by atoms with van der Waals surface area (Å²) in [5.74, 6) is 1.18. The molecular weight excluding hydrogens is 200 g/mol. The van der Waals surface area contributed by atoms with Gasteiger partial charge in [-0.25, -0.2) is 4.68 Å². The van der Waals surface area contributed by atoms with E-state index in [1.165, 1.54) is 12.8 Å². The Kier molecular flexibility index (Phi) is 3.94. The Labute approximate surface area is 98.2 Å². The van der Waals surface area contributed by atoms with Gasteiger partial charge in [-0.3, -0.25) is 0 Å². The Morgan fingerprint density at radius 3 is 2.50 bits per heavy atom. The van der Waals surface area contributed by atoms with Gasteiger partial charge >= 0.3 is 0 Å². The molecule has 0 radical (unpaired) electrons. The molecule has 1 aromatic rings. The monoisotopic (exact) mass is 224 g/mol. The van der Waals surface area contributed by atoms with Crippen LogP contribution in [0.15, 0.2) is 0 Å². The summed E-state index contributed by atoms with van der Waals surface area (Å²) in [7, 11) is 0. The van der Waals surface area contributed by atoms with Gasteiger partial charge in [0.05, 0.1) is 5.69 Å². The largest absolute Gasteiger partial charge is 0.381 e. The van der Waals surface area contributed by atoms with Gasteiger partial charge < -0.3 is 5.73 Å². The number of hydrogen-bond acceptors (Lipinski definition) is 3. The van der Waals surface area contributed by atoms with Gasteiger partial charge in [0.2, 0.25) is 0 Å².